The standard InChI is InChI=1S/C21H26F3N5O4S/c1-32-15-5-4-14(23)13(17(15)24)11-33-19-16(18(25)30)20(34-28-19)27-21(31)26-7-2-3-8-29-9-6-12(22)10-29/h4-5,12H,2-3,6-11H2,1H3,(H2,25,30)(H2,26,27,31)/t12-/m1/s1. The molecule has 0 aliphatic carbocycles. The zero-order valence-electron chi connectivity index (χ0n) is 18.5. The third-order valence-corrected chi connectivity index (χ3v) is 6.01. The molecule has 1 aromatic heterocycles. The Hall–Kier alpha value is -3.06. The number of alkyl halides is 1. The van der Waals surface area contributed by atoms with Crippen molar-refractivity contribution in [1.29, 1.82) is 0 Å². The number of ether oxygens (including phenoxy) is 2. The Morgan fingerprint density at radius 2 is 2.12 bits per heavy atom. The van der Waals surface area contributed by atoms with Crippen LogP contribution in [0.3, 0.4) is 0 Å². The highest BCUT2D eigenvalue weighted by Gasteiger charge is 2.24. The Balaban J connectivity index is 1.52. The van der Waals surface area contributed by atoms with E-state index >= 15 is 0 Å². The van der Waals surface area contributed by atoms with Gasteiger partial charge in [0.25, 0.3) is 5.91 Å². The van der Waals surface area contributed by atoms with Crippen LogP contribution in [0.15, 0.2) is 12.1 Å². The summed E-state index contributed by atoms with van der Waals surface area (Å²) in [7, 11) is 1.24. The van der Waals surface area contributed by atoms with E-state index in [2.05, 4.69) is 15.0 Å². The first kappa shape index (κ1) is 25.6. The minimum absolute atomic E-state index is 0.0395. The van der Waals surface area contributed by atoms with E-state index in [1.807, 2.05) is 4.90 Å². The van der Waals surface area contributed by atoms with Crippen LogP contribution in [0.1, 0.15) is 35.2 Å². The fourth-order valence-corrected chi connectivity index (χ4v) is 4.22. The number of unbranched alkanes of at least 4 members (excludes halogenated alkanes) is 1. The van der Waals surface area contributed by atoms with Gasteiger partial charge in [0.1, 0.15) is 29.2 Å². The highest BCUT2D eigenvalue weighted by atomic mass is 32.1. The van der Waals surface area contributed by atoms with Crippen molar-refractivity contribution >= 4 is 28.5 Å². The second kappa shape index (κ2) is 11.9. The molecule has 1 aromatic carbocycles. The van der Waals surface area contributed by atoms with E-state index in [4.69, 9.17) is 15.2 Å². The van der Waals surface area contributed by atoms with Crippen molar-refractivity contribution < 1.29 is 32.2 Å². The molecular formula is C21H26F3N5O4S. The lowest BCUT2D eigenvalue weighted by molar-refractivity contribution is 0.0996. The average Bonchev–Trinajstić information content (AvgIpc) is 3.39. The first-order valence-corrected chi connectivity index (χ1v) is 11.4. The number of amides is 3. The minimum atomic E-state index is -0.940. The number of nitrogens with zero attached hydrogens (tertiary/aromatic N) is 2. The molecule has 0 radical (unpaired) electrons. The predicted octanol–water partition coefficient (Wildman–Crippen LogP) is 3.05. The number of carbonyl (C=O) groups excluding carboxylic acids is 2. The zero-order valence-corrected chi connectivity index (χ0v) is 19.4. The summed E-state index contributed by atoms with van der Waals surface area (Å²) in [5.41, 5.74) is 4.77. The lowest BCUT2D eigenvalue weighted by atomic mass is 10.2. The molecular weight excluding hydrogens is 475 g/mol. The van der Waals surface area contributed by atoms with Gasteiger partial charge in [-0.3, -0.25) is 10.1 Å². The molecule has 186 valence electrons. The van der Waals surface area contributed by atoms with Crippen molar-refractivity contribution in [3.63, 3.8) is 0 Å². The van der Waals surface area contributed by atoms with E-state index in [9.17, 15) is 22.8 Å². The number of rotatable bonds is 11. The Morgan fingerprint density at radius 3 is 2.79 bits per heavy atom. The second-order valence-corrected chi connectivity index (χ2v) is 8.43. The van der Waals surface area contributed by atoms with E-state index in [1.165, 1.54) is 7.11 Å². The van der Waals surface area contributed by atoms with Gasteiger partial charge >= 0.3 is 6.03 Å². The molecule has 13 heteroatoms. The first-order chi connectivity index (χ1) is 16.3. The van der Waals surface area contributed by atoms with Crippen molar-refractivity contribution in [2.45, 2.75) is 32.0 Å². The number of hydrogen-bond donors (Lipinski definition) is 3. The summed E-state index contributed by atoms with van der Waals surface area (Å²) in [5, 5.41) is 5.18. The molecule has 0 unspecified atom stereocenters. The van der Waals surface area contributed by atoms with Crippen LogP contribution in [0.4, 0.5) is 23.0 Å². The largest absolute Gasteiger partial charge is 0.494 e. The number of hydrogen-bond acceptors (Lipinski definition) is 7. The molecule has 1 atom stereocenters. The van der Waals surface area contributed by atoms with Gasteiger partial charge in [-0.1, -0.05) is 0 Å². The van der Waals surface area contributed by atoms with E-state index in [-0.39, 0.29) is 22.2 Å². The van der Waals surface area contributed by atoms with Crippen molar-refractivity contribution in [1.82, 2.24) is 14.6 Å². The fourth-order valence-electron chi connectivity index (χ4n) is 3.48. The Bertz CT molecular complexity index is 1020. The normalized spacial score (nSPS) is 15.8. The fraction of sp³-hybridized carbons (Fsp3) is 0.476. The molecule has 1 aliphatic rings. The molecule has 9 nitrogen and oxygen atoms in total. The van der Waals surface area contributed by atoms with Crippen molar-refractivity contribution in [2.75, 3.05) is 38.6 Å². The van der Waals surface area contributed by atoms with Crippen LogP contribution < -0.4 is 25.8 Å². The van der Waals surface area contributed by atoms with E-state index < -0.39 is 41.9 Å². The van der Waals surface area contributed by atoms with Gasteiger partial charge in [0.05, 0.1) is 12.7 Å². The number of benzene rings is 1. The topological polar surface area (TPSA) is 119 Å². The minimum Gasteiger partial charge on any atom is -0.494 e. The van der Waals surface area contributed by atoms with Gasteiger partial charge in [0.15, 0.2) is 11.6 Å². The van der Waals surface area contributed by atoms with E-state index in [1.54, 1.807) is 0 Å². The number of nitrogens with one attached hydrogen (secondary N) is 2. The SMILES string of the molecule is COc1ccc(F)c(COc2nsc(NC(=O)NCCCCN3CC[C@@H](F)C3)c2C(N)=O)c1F. The Labute approximate surface area is 198 Å². The molecule has 4 N–H and O–H groups in total. The smallest absolute Gasteiger partial charge is 0.319 e. The second-order valence-electron chi connectivity index (χ2n) is 7.66. The highest BCUT2D eigenvalue weighted by molar-refractivity contribution is 7.11. The van der Waals surface area contributed by atoms with Gasteiger partial charge in [-0.25, -0.2) is 18.0 Å². The van der Waals surface area contributed by atoms with Crippen molar-refractivity contribution in [3.05, 3.63) is 34.9 Å². The summed E-state index contributed by atoms with van der Waals surface area (Å²) in [6, 6.07) is 1.59. The third-order valence-electron chi connectivity index (χ3n) is 5.26. The van der Waals surface area contributed by atoms with Crippen LogP contribution >= 0.6 is 11.5 Å². The molecule has 1 fully saturated rings. The maximum atomic E-state index is 14.3. The summed E-state index contributed by atoms with van der Waals surface area (Å²) in [6.45, 7) is 1.76. The number of primary amides is 1. The summed E-state index contributed by atoms with van der Waals surface area (Å²) in [4.78, 5) is 26.2. The molecule has 0 saturated carbocycles. The highest BCUT2D eigenvalue weighted by Crippen LogP contribution is 2.31. The van der Waals surface area contributed by atoms with Gasteiger partial charge in [-0.15, -0.1) is 0 Å². The van der Waals surface area contributed by atoms with Crippen LogP contribution in [0.5, 0.6) is 11.6 Å². The molecule has 0 bridgehead atoms. The lowest BCUT2D eigenvalue weighted by Crippen LogP contribution is -2.30. The number of likely N-dealkylation sites (tertiary alicyclic amines) is 1. The number of urea groups is 1. The maximum absolute atomic E-state index is 14.3. The number of methoxy groups -OCH3 is 1. The van der Waals surface area contributed by atoms with Gasteiger partial charge in [0, 0.05) is 19.6 Å². The molecule has 1 saturated heterocycles. The number of nitrogens with two attached hydrogens (primary N) is 1. The quantitative estimate of drug-likeness (QED) is 0.407. The first-order valence-electron chi connectivity index (χ1n) is 10.6. The third kappa shape index (κ3) is 6.50. The van der Waals surface area contributed by atoms with Crippen LogP contribution in [0.2, 0.25) is 0 Å². The average molecular weight is 502 g/mol. The van der Waals surface area contributed by atoms with Gasteiger partial charge in [-0.05, 0) is 49.5 Å². The van der Waals surface area contributed by atoms with Crippen LogP contribution in [0, 0.1) is 11.6 Å². The van der Waals surface area contributed by atoms with E-state index in [0.29, 0.717) is 25.9 Å². The lowest BCUT2D eigenvalue weighted by Gasteiger charge is -2.14. The molecule has 2 heterocycles. The molecule has 2 aromatic rings. The Kier molecular flexibility index (Phi) is 8.93. The van der Waals surface area contributed by atoms with Gasteiger partial charge in [-0.2, -0.15) is 4.37 Å². The molecule has 3 amide bonds. The van der Waals surface area contributed by atoms with Gasteiger partial charge in [0.2, 0.25) is 5.88 Å². The van der Waals surface area contributed by atoms with Gasteiger partial charge < -0.3 is 25.4 Å². The predicted molar refractivity (Wildman–Crippen MR) is 120 cm³/mol. The summed E-state index contributed by atoms with van der Waals surface area (Å²) < 4.78 is 55.6. The number of halogens is 3. The summed E-state index contributed by atoms with van der Waals surface area (Å²) in [5.74, 6) is -3.15. The number of carbonyl (C=O) groups is 2. The van der Waals surface area contributed by atoms with Crippen molar-refractivity contribution in [2.24, 2.45) is 5.73 Å². The summed E-state index contributed by atoms with van der Waals surface area (Å²) in [6.07, 6.45) is 1.30. The van der Waals surface area contributed by atoms with Crippen molar-refractivity contribution in [3.8, 4) is 11.6 Å². The van der Waals surface area contributed by atoms with Crippen LogP contribution in [-0.2, 0) is 6.61 Å². The number of aromatic nitrogens is 1. The summed E-state index contributed by atoms with van der Waals surface area (Å²) >= 11 is 0.743. The molecule has 0 spiro atoms. The maximum Gasteiger partial charge on any atom is 0.319 e. The molecule has 3 rings (SSSR count). The zero-order chi connectivity index (χ0) is 24.7. The number of anilines is 1. The monoisotopic (exact) mass is 501 g/mol. The van der Waals surface area contributed by atoms with Crippen LogP contribution in [0.25, 0.3) is 0 Å². The molecule has 34 heavy (non-hydrogen) atoms. The molecule has 1 aliphatic heterocycles. The Morgan fingerprint density at radius 1 is 1.32 bits per heavy atom. The van der Waals surface area contributed by atoms with Crippen LogP contribution in [-0.4, -0.2) is 60.7 Å². The van der Waals surface area contributed by atoms with E-state index in [0.717, 1.165) is 43.2 Å².